The summed E-state index contributed by atoms with van der Waals surface area (Å²) < 4.78 is 0. The summed E-state index contributed by atoms with van der Waals surface area (Å²) in [6.45, 7) is 3.85. The van der Waals surface area contributed by atoms with Crippen LogP contribution in [-0.4, -0.2) is 20.2 Å². The Hall–Kier alpha value is -2.17. The molecule has 0 saturated carbocycles. The summed E-state index contributed by atoms with van der Waals surface area (Å²) in [5.74, 6) is 1.86. The number of hydrogen-bond acceptors (Lipinski definition) is 5. The minimum absolute atomic E-state index is 0. The van der Waals surface area contributed by atoms with Crippen LogP contribution in [0.4, 0.5) is 29.0 Å². The van der Waals surface area contributed by atoms with Crippen LogP contribution in [0.2, 0.25) is 0 Å². The van der Waals surface area contributed by atoms with Gasteiger partial charge in [0.05, 0.1) is 5.52 Å². The zero-order valence-electron chi connectivity index (χ0n) is 15.0. The fourth-order valence-corrected chi connectivity index (χ4v) is 2.70. The van der Waals surface area contributed by atoms with Crippen molar-refractivity contribution in [2.75, 3.05) is 10.6 Å². The van der Waals surface area contributed by atoms with Crippen molar-refractivity contribution < 1.29 is 44.1 Å². The minimum Gasteiger partial charge on any atom is -0.699 e. The molecule has 0 unspecified atom stereocenters. The number of aromatic nitrogens is 4. The van der Waals surface area contributed by atoms with Crippen molar-refractivity contribution in [2.24, 2.45) is 0 Å². The maximum atomic E-state index is 7.79. The molecule has 4 aromatic rings. The average molecular weight is 571 g/mol. The third-order valence-corrected chi connectivity index (χ3v) is 4.04. The molecule has 8 heteroatoms. The van der Waals surface area contributed by atoms with Crippen LogP contribution in [0, 0.1) is 57.9 Å². The van der Waals surface area contributed by atoms with Crippen molar-refractivity contribution in [3.8, 4) is 0 Å². The SMILES string of the molecule is Cc1cc(Nc2nc(Nc3ccc([NH-])c(C)c3)nc3ccccc23)n[nH]1.[Ac]. The predicted octanol–water partition coefficient (Wildman–Crippen LogP) is 5.14. The van der Waals surface area contributed by atoms with E-state index in [1.54, 1.807) is 6.07 Å². The van der Waals surface area contributed by atoms with Crippen molar-refractivity contribution in [2.45, 2.75) is 13.8 Å². The molecular weight excluding hydrogens is 553 g/mol. The Morgan fingerprint density at radius 1 is 0.963 bits per heavy atom. The number of fused-ring (bicyclic) bond motifs is 1. The molecule has 2 aromatic heterocycles. The van der Waals surface area contributed by atoms with Gasteiger partial charge in [-0.2, -0.15) is 10.1 Å². The number of nitrogens with zero attached hydrogens (tertiary/aromatic N) is 3. The Kier molecular flexibility index (Phi) is 5.98. The van der Waals surface area contributed by atoms with Gasteiger partial charge in [-0.25, -0.2) is 4.98 Å². The molecule has 0 aliphatic heterocycles. The quantitative estimate of drug-likeness (QED) is 0.315. The summed E-state index contributed by atoms with van der Waals surface area (Å²) in [5, 5.41) is 14.5. The number of benzene rings is 2. The largest absolute Gasteiger partial charge is 0.699 e. The molecule has 0 aliphatic rings. The maximum Gasteiger partial charge on any atom is 0.229 e. The summed E-state index contributed by atoms with van der Waals surface area (Å²) in [5.41, 5.74) is 11.8. The summed E-state index contributed by atoms with van der Waals surface area (Å²) in [6.07, 6.45) is 0. The van der Waals surface area contributed by atoms with E-state index in [-0.39, 0.29) is 44.1 Å². The van der Waals surface area contributed by atoms with Gasteiger partial charge in [-0.1, -0.05) is 23.8 Å². The molecule has 2 heterocycles. The first-order chi connectivity index (χ1) is 12.6. The van der Waals surface area contributed by atoms with Crippen molar-refractivity contribution in [1.82, 2.24) is 20.2 Å². The van der Waals surface area contributed by atoms with Crippen LogP contribution in [0.5, 0.6) is 0 Å². The normalized spacial score (nSPS) is 10.4. The average Bonchev–Trinajstić information content (AvgIpc) is 3.03. The third kappa shape index (κ3) is 4.40. The Morgan fingerprint density at radius 2 is 1.78 bits per heavy atom. The van der Waals surface area contributed by atoms with Gasteiger partial charge >= 0.3 is 0 Å². The topological polar surface area (TPSA) is 102 Å². The van der Waals surface area contributed by atoms with Crippen molar-refractivity contribution in [1.29, 1.82) is 0 Å². The van der Waals surface area contributed by atoms with Gasteiger partial charge in [-0.3, -0.25) is 5.10 Å². The van der Waals surface area contributed by atoms with Gasteiger partial charge in [0, 0.05) is 66.9 Å². The van der Waals surface area contributed by atoms with Gasteiger partial charge < -0.3 is 16.4 Å². The molecule has 0 saturated heterocycles. The second-order valence-electron chi connectivity index (χ2n) is 6.13. The first-order valence-corrected chi connectivity index (χ1v) is 8.23. The van der Waals surface area contributed by atoms with E-state index >= 15 is 0 Å². The van der Waals surface area contributed by atoms with Gasteiger partial charge in [0.15, 0.2) is 5.82 Å². The Balaban J connectivity index is 0.00000210. The van der Waals surface area contributed by atoms with E-state index in [1.165, 1.54) is 0 Å². The first kappa shape index (κ1) is 19.6. The van der Waals surface area contributed by atoms with Crippen LogP contribution < -0.4 is 10.6 Å². The molecule has 7 nitrogen and oxygen atoms in total. The van der Waals surface area contributed by atoms with E-state index in [9.17, 15) is 0 Å². The Morgan fingerprint density at radius 3 is 2.52 bits per heavy atom. The van der Waals surface area contributed by atoms with E-state index < -0.39 is 0 Å². The summed E-state index contributed by atoms with van der Waals surface area (Å²) in [6, 6.07) is 15.2. The zero-order chi connectivity index (χ0) is 18.1. The van der Waals surface area contributed by atoms with Crippen molar-refractivity contribution in [3.05, 3.63) is 65.5 Å². The predicted molar refractivity (Wildman–Crippen MR) is 105 cm³/mol. The van der Waals surface area contributed by atoms with Crippen LogP contribution >= 0.6 is 0 Å². The summed E-state index contributed by atoms with van der Waals surface area (Å²) in [4.78, 5) is 9.21. The number of nitrogens with one attached hydrogen (secondary N) is 4. The molecule has 0 aliphatic carbocycles. The number of anilines is 4. The van der Waals surface area contributed by atoms with Crippen molar-refractivity contribution >= 4 is 39.9 Å². The third-order valence-electron chi connectivity index (χ3n) is 4.04. The van der Waals surface area contributed by atoms with Crippen molar-refractivity contribution in [3.63, 3.8) is 0 Å². The molecule has 0 bridgehead atoms. The Labute approximate surface area is 192 Å². The van der Waals surface area contributed by atoms with Crippen LogP contribution in [-0.2, 0) is 0 Å². The van der Waals surface area contributed by atoms with E-state index in [1.807, 2.05) is 56.3 Å². The summed E-state index contributed by atoms with van der Waals surface area (Å²) >= 11 is 0. The molecule has 27 heavy (non-hydrogen) atoms. The molecular formula is C19H18AcN7-. The van der Waals surface area contributed by atoms with E-state index in [0.717, 1.165) is 27.8 Å². The van der Waals surface area contributed by atoms with Crippen LogP contribution in [0.15, 0.2) is 48.5 Å². The van der Waals surface area contributed by atoms with Gasteiger partial charge in [-0.15, -0.1) is 5.69 Å². The fraction of sp³-hybridized carbons (Fsp3) is 0.105. The number of H-pyrrole nitrogens is 1. The van der Waals surface area contributed by atoms with Gasteiger partial charge in [0.1, 0.15) is 5.82 Å². The number of rotatable bonds is 4. The zero-order valence-corrected chi connectivity index (χ0v) is 19.8. The van der Waals surface area contributed by atoms with Gasteiger partial charge in [0.25, 0.3) is 0 Å². The molecule has 0 atom stereocenters. The molecule has 4 N–H and O–H groups in total. The number of para-hydroxylation sites is 1. The molecule has 0 fully saturated rings. The second kappa shape index (κ2) is 8.24. The first-order valence-electron chi connectivity index (χ1n) is 8.23. The molecule has 0 spiro atoms. The minimum atomic E-state index is 0. The summed E-state index contributed by atoms with van der Waals surface area (Å²) in [7, 11) is 0. The molecule has 133 valence electrons. The van der Waals surface area contributed by atoms with Crippen LogP contribution in [0.25, 0.3) is 16.6 Å². The second-order valence-corrected chi connectivity index (χ2v) is 6.13. The smallest absolute Gasteiger partial charge is 0.229 e. The number of hydrogen-bond donors (Lipinski definition) is 3. The molecule has 0 amide bonds. The van der Waals surface area contributed by atoms with Crippen LogP contribution in [0.1, 0.15) is 11.3 Å². The number of aromatic amines is 1. The maximum absolute atomic E-state index is 7.79. The molecule has 1 radical (unpaired) electrons. The monoisotopic (exact) mass is 571 g/mol. The van der Waals surface area contributed by atoms with E-state index in [0.29, 0.717) is 23.3 Å². The fourth-order valence-electron chi connectivity index (χ4n) is 2.70. The standard InChI is InChI=1S/C19H18N7.Ac/c1-11-9-13(7-8-15(11)20)21-19-22-16-6-4-3-5-14(16)18(24-19)23-17-10-12(2)25-26-17;/h3-10,20H,1-2H3,(H3,21,22,23,24,25,26);/q-1;. The Bertz CT molecular complexity index is 1090. The number of aryl methyl sites for hydroxylation is 2. The molecule has 2 aromatic carbocycles. The van der Waals surface area contributed by atoms with Gasteiger partial charge in [0.2, 0.25) is 5.95 Å². The van der Waals surface area contributed by atoms with Crippen LogP contribution in [0.3, 0.4) is 0 Å². The van der Waals surface area contributed by atoms with Gasteiger partial charge in [-0.05, 0) is 38.1 Å². The van der Waals surface area contributed by atoms with E-state index in [4.69, 9.17) is 5.73 Å². The van der Waals surface area contributed by atoms with E-state index in [2.05, 4.69) is 30.8 Å². The molecule has 4 rings (SSSR count).